The number of halogens is 1. The van der Waals surface area contributed by atoms with E-state index in [9.17, 15) is 0 Å². The van der Waals surface area contributed by atoms with Crippen LogP contribution in [0.1, 0.15) is 52.9 Å². The predicted octanol–water partition coefficient (Wildman–Crippen LogP) is 3.16. The maximum atomic E-state index is 6.09. The van der Waals surface area contributed by atoms with Crippen LogP contribution in [-0.2, 0) is 0 Å². The summed E-state index contributed by atoms with van der Waals surface area (Å²) in [6.45, 7) is 13.4. The second kappa shape index (κ2) is 12.5. The van der Waals surface area contributed by atoms with Gasteiger partial charge in [-0.25, -0.2) is 0 Å². The molecule has 1 rings (SSSR count). The minimum absolute atomic E-state index is 0. The molecule has 1 fully saturated rings. The molecule has 21 heavy (non-hydrogen) atoms. The van der Waals surface area contributed by atoms with Crippen molar-refractivity contribution in [3.8, 4) is 0 Å². The Morgan fingerprint density at radius 2 is 1.71 bits per heavy atom. The molecule has 0 atom stereocenters. The lowest BCUT2D eigenvalue weighted by molar-refractivity contribution is 0.270. The number of likely N-dealkylation sites (tertiary alicyclic amines) is 1. The first-order valence-corrected chi connectivity index (χ1v) is 8.44. The summed E-state index contributed by atoms with van der Waals surface area (Å²) in [4.78, 5) is 9.34. The van der Waals surface area contributed by atoms with E-state index >= 15 is 0 Å². The molecule has 126 valence electrons. The van der Waals surface area contributed by atoms with E-state index in [1.165, 1.54) is 38.8 Å². The number of aliphatic imine (C=N–C) groups is 1. The van der Waals surface area contributed by atoms with Crippen molar-refractivity contribution in [3.63, 3.8) is 0 Å². The monoisotopic (exact) mass is 410 g/mol. The Hall–Kier alpha value is -0.0400. The SMILES string of the molecule is CCCN(CCC)CCCN=C(N)N1CCC(C)CC1.I. The lowest BCUT2D eigenvalue weighted by atomic mass is 10.00. The molecule has 0 aromatic heterocycles. The van der Waals surface area contributed by atoms with Crippen LogP contribution >= 0.6 is 24.0 Å². The van der Waals surface area contributed by atoms with E-state index in [0.29, 0.717) is 0 Å². The van der Waals surface area contributed by atoms with Crippen LogP contribution in [0.3, 0.4) is 0 Å². The van der Waals surface area contributed by atoms with Gasteiger partial charge in [0, 0.05) is 19.6 Å². The molecule has 0 radical (unpaired) electrons. The van der Waals surface area contributed by atoms with E-state index < -0.39 is 0 Å². The van der Waals surface area contributed by atoms with E-state index in [0.717, 1.165) is 44.5 Å². The molecule has 0 unspecified atom stereocenters. The van der Waals surface area contributed by atoms with Gasteiger partial charge < -0.3 is 15.5 Å². The number of piperidine rings is 1. The molecule has 4 nitrogen and oxygen atoms in total. The molecule has 0 spiro atoms. The van der Waals surface area contributed by atoms with E-state index in [4.69, 9.17) is 5.73 Å². The van der Waals surface area contributed by atoms with E-state index in [1.54, 1.807) is 0 Å². The van der Waals surface area contributed by atoms with Gasteiger partial charge in [0.15, 0.2) is 5.96 Å². The molecule has 2 N–H and O–H groups in total. The first-order chi connectivity index (χ1) is 9.67. The highest BCUT2D eigenvalue weighted by Gasteiger charge is 2.16. The number of nitrogens with two attached hydrogens (primary N) is 1. The quantitative estimate of drug-likeness (QED) is 0.289. The molecular formula is C16H35IN4. The molecule has 0 bridgehead atoms. The molecule has 0 aromatic rings. The maximum Gasteiger partial charge on any atom is 0.191 e. The number of hydrogen-bond donors (Lipinski definition) is 1. The number of nitrogens with zero attached hydrogens (tertiary/aromatic N) is 3. The van der Waals surface area contributed by atoms with Gasteiger partial charge in [-0.05, 0) is 57.7 Å². The highest BCUT2D eigenvalue weighted by atomic mass is 127. The van der Waals surface area contributed by atoms with Gasteiger partial charge >= 0.3 is 0 Å². The van der Waals surface area contributed by atoms with Crippen LogP contribution in [0.15, 0.2) is 4.99 Å². The number of rotatable bonds is 8. The van der Waals surface area contributed by atoms with Crippen LogP contribution in [0, 0.1) is 5.92 Å². The normalized spacial score (nSPS) is 17.1. The topological polar surface area (TPSA) is 44.9 Å². The van der Waals surface area contributed by atoms with Crippen molar-refractivity contribution in [2.24, 2.45) is 16.6 Å². The third-order valence-corrected chi connectivity index (χ3v) is 4.09. The summed E-state index contributed by atoms with van der Waals surface area (Å²) in [5.41, 5.74) is 6.09. The molecule has 0 aromatic carbocycles. The molecule has 0 saturated carbocycles. The van der Waals surface area contributed by atoms with E-state index in [1.807, 2.05) is 0 Å². The standard InChI is InChI=1S/C16H34N4.HI/c1-4-10-19(11-5-2)12-6-9-18-16(17)20-13-7-15(3)8-14-20;/h15H,4-14H2,1-3H3,(H2,17,18);1H. The Morgan fingerprint density at radius 3 is 2.24 bits per heavy atom. The third-order valence-electron chi connectivity index (χ3n) is 4.09. The molecule has 1 aliphatic heterocycles. The van der Waals surface area contributed by atoms with Crippen molar-refractivity contribution in [2.45, 2.75) is 52.9 Å². The Kier molecular flexibility index (Phi) is 12.5. The van der Waals surface area contributed by atoms with Crippen LogP contribution in [0.2, 0.25) is 0 Å². The van der Waals surface area contributed by atoms with Gasteiger partial charge in [-0.1, -0.05) is 20.8 Å². The van der Waals surface area contributed by atoms with Crippen molar-refractivity contribution in [1.29, 1.82) is 0 Å². The smallest absolute Gasteiger partial charge is 0.191 e. The third kappa shape index (κ3) is 8.86. The van der Waals surface area contributed by atoms with Gasteiger partial charge in [0.2, 0.25) is 0 Å². The fourth-order valence-electron chi connectivity index (χ4n) is 2.79. The molecular weight excluding hydrogens is 375 g/mol. The van der Waals surface area contributed by atoms with Crippen molar-refractivity contribution >= 4 is 29.9 Å². The summed E-state index contributed by atoms with van der Waals surface area (Å²) < 4.78 is 0. The van der Waals surface area contributed by atoms with Crippen LogP contribution in [0.5, 0.6) is 0 Å². The first-order valence-electron chi connectivity index (χ1n) is 8.44. The fraction of sp³-hybridized carbons (Fsp3) is 0.938. The van der Waals surface area contributed by atoms with Gasteiger partial charge in [0.05, 0.1) is 0 Å². The second-order valence-corrected chi connectivity index (χ2v) is 6.10. The maximum absolute atomic E-state index is 6.09. The van der Waals surface area contributed by atoms with Crippen molar-refractivity contribution in [3.05, 3.63) is 0 Å². The number of guanidine groups is 1. The van der Waals surface area contributed by atoms with Gasteiger partial charge in [-0.15, -0.1) is 24.0 Å². The van der Waals surface area contributed by atoms with Gasteiger partial charge in [-0.2, -0.15) is 0 Å². The number of hydrogen-bond acceptors (Lipinski definition) is 2. The summed E-state index contributed by atoms with van der Waals surface area (Å²) in [6.07, 6.45) is 6.08. The molecule has 0 amide bonds. The first kappa shape index (κ1) is 21.0. The van der Waals surface area contributed by atoms with Crippen molar-refractivity contribution in [2.75, 3.05) is 39.3 Å². The van der Waals surface area contributed by atoms with Crippen molar-refractivity contribution in [1.82, 2.24) is 9.80 Å². The van der Waals surface area contributed by atoms with Crippen LogP contribution in [-0.4, -0.2) is 55.0 Å². The average molecular weight is 410 g/mol. The highest BCUT2D eigenvalue weighted by Crippen LogP contribution is 2.15. The van der Waals surface area contributed by atoms with Gasteiger partial charge in [-0.3, -0.25) is 4.99 Å². The summed E-state index contributed by atoms with van der Waals surface area (Å²) in [7, 11) is 0. The van der Waals surface area contributed by atoms with Crippen LogP contribution in [0.4, 0.5) is 0 Å². The second-order valence-electron chi connectivity index (χ2n) is 6.10. The lowest BCUT2D eigenvalue weighted by Gasteiger charge is -2.31. The zero-order valence-corrected chi connectivity index (χ0v) is 16.5. The Labute approximate surface area is 148 Å². The lowest BCUT2D eigenvalue weighted by Crippen LogP contribution is -2.42. The summed E-state index contributed by atoms with van der Waals surface area (Å²) in [5, 5.41) is 0. The zero-order valence-electron chi connectivity index (χ0n) is 14.2. The fourth-order valence-corrected chi connectivity index (χ4v) is 2.79. The van der Waals surface area contributed by atoms with Gasteiger partial charge in [0.25, 0.3) is 0 Å². The van der Waals surface area contributed by atoms with E-state index in [2.05, 4.69) is 35.6 Å². The molecule has 1 heterocycles. The average Bonchev–Trinajstić information content (AvgIpc) is 2.44. The zero-order chi connectivity index (χ0) is 14.8. The Bertz CT molecular complexity index is 269. The molecule has 0 aliphatic carbocycles. The summed E-state index contributed by atoms with van der Waals surface area (Å²) >= 11 is 0. The minimum atomic E-state index is 0. The molecule has 1 saturated heterocycles. The molecule has 5 heteroatoms. The van der Waals surface area contributed by atoms with Crippen LogP contribution in [0.25, 0.3) is 0 Å². The summed E-state index contributed by atoms with van der Waals surface area (Å²) in [6, 6.07) is 0. The largest absolute Gasteiger partial charge is 0.370 e. The Morgan fingerprint density at radius 1 is 1.14 bits per heavy atom. The van der Waals surface area contributed by atoms with Crippen molar-refractivity contribution < 1.29 is 0 Å². The van der Waals surface area contributed by atoms with E-state index in [-0.39, 0.29) is 24.0 Å². The summed E-state index contributed by atoms with van der Waals surface area (Å²) in [5.74, 6) is 1.60. The van der Waals surface area contributed by atoms with Crippen LogP contribution < -0.4 is 5.73 Å². The van der Waals surface area contributed by atoms with Gasteiger partial charge in [0.1, 0.15) is 0 Å². The predicted molar refractivity (Wildman–Crippen MR) is 104 cm³/mol. The Balaban J connectivity index is 0.00000400. The highest BCUT2D eigenvalue weighted by molar-refractivity contribution is 14.0. The minimum Gasteiger partial charge on any atom is -0.370 e. The molecule has 1 aliphatic rings.